The van der Waals surface area contributed by atoms with E-state index in [0.717, 1.165) is 10.9 Å². The Morgan fingerprint density at radius 3 is 2.57 bits per heavy atom. The minimum absolute atomic E-state index is 0. The fraction of sp³-hybridized carbons (Fsp3) is 0. The number of para-hydroxylation sites is 1. The maximum Gasteiger partial charge on any atom is 0.337 e. The van der Waals surface area contributed by atoms with Gasteiger partial charge in [0.1, 0.15) is 0 Å². The Bertz CT molecular complexity index is 438. The first-order valence-electron chi connectivity index (χ1n) is 3.58. The van der Waals surface area contributed by atoms with E-state index in [0.29, 0.717) is 5.56 Å². The van der Waals surface area contributed by atoms with Gasteiger partial charge in [-0.3, -0.25) is 0 Å². The molecule has 2 rings (SSSR count). The van der Waals surface area contributed by atoms with Crippen molar-refractivity contribution in [2.45, 2.75) is 0 Å². The molecule has 0 aliphatic carbocycles. The number of carboxylic acids is 1. The van der Waals surface area contributed by atoms with Crippen molar-refractivity contribution in [2.75, 3.05) is 0 Å². The maximum atomic E-state index is 10.7. The molecule has 4 nitrogen and oxygen atoms in total. The number of carbonyl (C=O) groups is 1. The number of fused-ring (bicyclic) bond motifs is 1. The third-order valence-electron chi connectivity index (χ3n) is 1.82. The number of rotatable bonds is 1. The van der Waals surface area contributed by atoms with E-state index in [4.69, 9.17) is 5.11 Å². The molecule has 0 unspecified atom stereocenters. The van der Waals surface area contributed by atoms with E-state index in [9.17, 15) is 4.79 Å². The molecule has 2 aromatic rings. The molecule has 0 amide bonds. The minimum atomic E-state index is -0.896. The van der Waals surface area contributed by atoms with Gasteiger partial charge in [-0.2, -0.15) is 0 Å². The molecule has 1 aromatic heterocycles. The van der Waals surface area contributed by atoms with Crippen LogP contribution in [0.2, 0.25) is 0 Å². The molecule has 0 aliphatic rings. The van der Waals surface area contributed by atoms with Crippen LogP contribution in [0.15, 0.2) is 30.5 Å². The molecule has 5 heteroatoms. The summed E-state index contributed by atoms with van der Waals surface area (Å²) in [4.78, 5) is 13.5. The number of carboxylic acid groups (broad SMARTS) is 1. The molecule has 1 aromatic carbocycles. The first kappa shape index (κ1) is 12.5. The molecule has 0 saturated carbocycles. The number of aromatic amines is 1. The van der Waals surface area contributed by atoms with Crippen LogP contribution >= 0.6 is 12.4 Å². The molecule has 0 radical (unpaired) electrons. The van der Waals surface area contributed by atoms with Crippen molar-refractivity contribution < 1.29 is 15.4 Å². The van der Waals surface area contributed by atoms with Crippen molar-refractivity contribution in [2.24, 2.45) is 0 Å². The van der Waals surface area contributed by atoms with Crippen molar-refractivity contribution in [3.63, 3.8) is 0 Å². The number of aromatic nitrogens is 1. The summed E-state index contributed by atoms with van der Waals surface area (Å²) in [5.74, 6) is -0.896. The quantitative estimate of drug-likeness (QED) is 0.755. The average molecular weight is 216 g/mol. The molecule has 4 N–H and O–H groups in total. The van der Waals surface area contributed by atoms with Gasteiger partial charge < -0.3 is 15.6 Å². The predicted molar refractivity (Wildman–Crippen MR) is 56.1 cm³/mol. The molecule has 0 aliphatic heterocycles. The first-order valence-corrected chi connectivity index (χ1v) is 3.58. The highest BCUT2D eigenvalue weighted by atomic mass is 35.5. The molecular formula is C9H10ClNO3. The zero-order valence-corrected chi connectivity index (χ0v) is 7.97. The number of hydrogen-bond donors (Lipinski definition) is 2. The number of H-pyrrole nitrogens is 1. The molecule has 0 atom stereocenters. The summed E-state index contributed by atoms with van der Waals surface area (Å²) in [6, 6.07) is 7.32. The van der Waals surface area contributed by atoms with Crippen LogP contribution in [0.5, 0.6) is 0 Å². The van der Waals surface area contributed by atoms with Crippen LogP contribution in [-0.4, -0.2) is 21.5 Å². The molecule has 76 valence electrons. The van der Waals surface area contributed by atoms with Gasteiger partial charge >= 0.3 is 5.97 Å². The van der Waals surface area contributed by atoms with Gasteiger partial charge in [-0.25, -0.2) is 4.79 Å². The summed E-state index contributed by atoms with van der Waals surface area (Å²) in [7, 11) is 0. The SMILES string of the molecule is Cl.O.O=C(O)c1c[nH]c2ccccc12. The number of hydrogen-bond acceptors (Lipinski definition) is 1. The lowest BCUT2D eigenvalue weighted by atomic mass is 10.2. The Kier molecular flexibility index (Phi) is 4.14. The predicted octanol–water partition coefficient (Wildman–Crippen LogP) is 1.46. The van der Waals surface area contributed by atoms with Crippen LogP contribution in [0.3, 0.4) is 0 Å². The number of nitrogens with one attached hydrogen (secondary N) is 1. The summed E-state index contributed by atoms with van der Waals surface area (Å²) < 4.78 is 0. The first-order chi connectivity index (χ1) is 5.79. The average Bonchev–Trinajstić information content (AvgIpc) is 2.47. The normalized spacial score (nSPS) is 8.86. The molecule has 0 saturated heterocycles. The molecule has 1 heterocycles. The van der Waals surface area contributed by atoms with E-state index in [2.05, 4.69) is 4.98 Å². The Hall–Kier alpha value is -1.52. The lowest BCUT2D eigenvalue weighted by Gasteiger charge is -1.89. The second-order valence-corrected chi connectivity index (χ2v) is 2.55. The van der Waals surface area contributed by atoms with Crippen molar-refractivity contribution in [3.8, 4) is 0 Å². The van der Waals surface area contributed by atoms with E-state index in [1.165, 1.54) is 6.20 Å². The van der Waals surface area contributed by atoms with Gasteiger partial charge in [0.15, 0.2) is 0 Å². The summed E-state index contributed by atoms with van der Waals surface area (Å²) in [5.41, 5.74) is 1.18. The van der Waals surface area contributed by atoms with Crippen LogP contribution in [0.1, 0.15) is 10.4 Å². The fourth-order valence-corrected chi connectivity index (χ4v) is 1.25. The van der Waals surface area contributed by atoms with E-state index in [1.807, 2.05) is 18.2 Å². The maximum absolute atomic E-state index is 10.7. The van der Waals surface area contributed by atoms with Crippen LogP contribution in [0, 0.1) is 0 Å². The lowest BCUT2D eigenvalue weighted by Crippen LogP contribution is -1.92. The molecular weight excluding hydrogens is 206 g/mol. The summed E-state index contributed by atoms with van der Waals surface area (Å²) in [6.45, 7) is 0. The van der Waals surface area contributed by atoms with Gasteiger partial charge in [-0.05, 0) is 6.07 Å². The van der Waals surface area contributed by atoms with Crippen LogP contribution in [0.4, 0.5) is 0 Å². The number of aromatic carboxylic acids is 1. The highest BCUT2D eigenvalue weighted by Gasteiger charge is 2.08. The molecule has 0 spiro atoms. The van der Waals surface area contributed by atoms with Gasteiger partial charge in [-0.15, -0.1) is 12.4 Å². The summed E-state index contributed by atoms with van der Waals surface area (Å²) >= 11 is 0. The van der Waals surface area contributed by atoms with Gasteiger partial charge in [-0.1, -0.05) is 18.2 Å². The van der Waals surface area contributed by atoms with E-state index in [1.54, 1.807) is 6.07 Å². The third kappa shape index (κ3) is 1.86. The van der Waals surface area contributed by atoms with Crippen LogP contribution in [-0.2, 0) is 0 Å². The number of halogens is 1. The molecule has 0 fully saturated rings. The van der Waals surface area contributed by atoms with Gasteiger partial charge in [0.05, 0.1) is 5.56 Å². The largest absolute Gasteiger partial charge is 0.478 e. The second-order valence-electron chi connectivity index (χ2n) is 2.55. The van der Waals surface area contributed by atoms with E-state index >= 15 is 0 Å². The Labute approximate surface area is 86.3 Å². The van der Waals surface area contributed by atoms with Gasteiger partial charge in [0, 0.05) is 17.1 Å². The minimum Gasteiger partial charge on any atom is -0.478 e. The zero-order valence-electron chi connectivity index (χ0n) is 7.15. The second kappa shape index (κ2) is 4.64. The van der Waals surface area contributed by atoms with Gasteiger partial charge in [0.2, 0.25) is 0 Å². The van der Waals surface area contributed by atoms with Gasteiger partial charge in [0.25, 0.3) is 0 Å². The topological polar surface area (TPSA) is 84.6 Å². The van der Waals surface area contributed by atoms with Crippen LogP contribution < -0.4 is 0 Å². The summed E-state index contributed by atoms with van der Waals surface area (Å²) in [6.07, 6.45) is 1.51. The van der Waals surface area contributed by atoms with Crippen LogP contribution in [0.25, 0.3) is 10.9 Å². The monoisotopic (exact) mass is 215 g/mol. The lowest BCUT2D eigenvalue weighted by molar-refractivity contribution is 0.0699. The Morgan fingerprint density at radius 1 is 1.29 bits per heavy atom. The standard InChI is InChI=1S/C9H7NO2.ClH.H2O/c11-9(12)7-5-10-8-4-2-1-3-6(7)8;;/h1-5,10H,(H,11,12);1H;1H2. The Morgan fingerprint density at radius 2 is 1.93 bits per heavy atom. The van der Waals surface area contributed by atoms with Crippen molar-refractivity contribution in [1.29, 1.82) is 0 Å². The third-order valence-corrected chi connectivity index (χ3v) is 1.82. The Balaban J connectivity index is 0.000000845. The fourth-order valence-electron chi connectivity index (χ4n) is 1.25. The number of benzene rings is 1. The van der Waals surface area contributed by atoms with Crippen molar-refractivity contribution in [3.05, 3.63) is 36.0 Å². The van der Waals surface area contributed by atoms with E-state index in [-0.39, 0.29) is 17.9 Å². The molecule has 14 heavy (non-hydrogen) atoms. The molecule has 0 bridgehead atoms. The summed E-state index contributed by atoms with van der Waals surface area (Å²) in [5, 5.41) is 9.51. The zero-order chi connectivity index (χ0) is 8.55. The van der Waals surface area contributed by atoms with Crippen molar-refractivity contribution >= 4 is 29.3 Å². The highest BCUT2D eigenvalue weighted by molar-refractivity contribution is 6.02. The highest BCUT2D eigenvalue weighted by Crippen LogP contribution is 2.16. The van der Waals surface area contributed by atoms with Crippen molar-refractivity contribution in [1.82, 2.24) is 4.98 Å². The smallest absolute Gasteiger partial charge is 0.337 e. The van der Waals surface area contributed by atoms with E-state index < -0.39 is 5.97 Å².